The van der Waals surface area contributed by atoms with Crippen molar-refractivity contribution in [1.82, 2.24) is 19.6 Å². The molecule has 1 saturated heterocycles. The Balaban J connectivity index is 1.72. The molecule has 0 spiro atoms. The number of benzene rings is 1. The van der Waals surface area contributed by atoms with Gasteiger partial charge in [0.1, 0.15) is 11.7 Å². The third-order valence-electron chi connectivity index (χ3n) is 5.21. The van der Waals surface area contributed by atoms with Gasteiger partial charge in [-0.3, -0.25) is 14.3 Å². The maximum absolute atomic E-state index is 13.0. The topological polar surface area (TPSA) is 58.4 Å². The summed E-state index contributed by atoms with van der Waals surface area (Å²) in [7, 11) is 1.78. The third kappa shape index (κ3) is 3.89. The Morgan fingerprint density at radius 1 is 1.22 bits per heavy atom. The lowest BCUT2D eigenvalue weighted by Gasteiger charge is -2.39. The highest BCUT2D eigenvalue weighted by molar-refractivity contribution is 5.97. The van der Waals surface area contributed by atoms with E-state index in [0.717, 1.165) is 11.3 Å². The highest BCUT2D eigenvalue weighted by atomic mass is 16.2. The molecule has 1 fully saturated rings. The SMILES string of the molecule is Cc1ccc(CN2CCN(C(=O)c3cc(C(C)C)nn3C)[C@@H](C)C2=O)cc1. The van der Waals surface area contributed by atoms with Crippen molar-refractivity contribution in [3.8, 4) is 0 Å². The summed E-state index contributed by atoms with van der Waals surface area (Å²) in [5, 5.41) is 4.42. The number of hydrogen-bond acceptors (Lipinski definition) is 3. The van der Waals surface area contributed by atoms with Gasteiger partial charge in [-0.1, -0.05) is 43.7 Å². The second-order valence-corrected chi connectivity index (χ2v) is 7.65. The number of rotatable bonds is 4. The van der Waals surface area contributed by atoms with E-state index in [1.165, 1.54) is 5.56 Å². The molecule has 1 aromatic heterocycles. The zero-order valence-corrected chi connectivity index (χ0v) is 16.8. The summed E-state index contributed by atoms with van der Waals surface area (Å²) in [6.07, 6.45) is 0. The van der Waals surface area contributed by atoms with Crippen molar-refractivity contribution in [3.05, 3.63) is 52.8 Å². The predicted octanol–water partition coefficient (Wildman–Crippen LogP) is 2.73. The van der Waals surface area contributed by atoms with Crippen LogP contribution in [0.5, 0.6) is 0 Å². The van der Waals surface area contributed by atoms with Crippen molar-refractivity contribution in [2.45, 2.75) is 46.2 Å². The van der Waals surface area contributed by atoms with Crippen LogP contribution in [0.3, 0.4) is 0 Å². The van der Waals surface area contributed by atoms with Gasteiger partial charge < -0.3 is 9.80 Å². The molecule has 1 aliphatic rings. The number of nitrogens with zero attached hydrogens (tertiary/aromatic N) is 4. The lowest BCUT2D eigenvalue weighted by atomic mass is 10.1. The van der Waals surface area contributed by atoms with E-state index in [-0.39, 0.29) is 17.7 Å². The van der Waals surface area contributed by atoms with E-state index in [1.54, 1.807) is 23.6 Å². The van der Waals surface area contributed by atoms with Gasteiger partial charge in [0, 0.05) is 26.7 Å². The van der Waals surface area contributed by atoms with Gasteiger partial charge in [0.15, 0.2) is 0 Å². The van der Waals surface area contributed by atoms with Crippen molar-refractivity contribution < 1.29 is 9.59 Å². The van der Waals surface area contributed by atoms with Crippen molar-refractivity contribution in [3.63, 3.8) is 0 Å². The fourth-order valence-electron chi connectivity index (χ4n) is 3.40. The van der Waals surface area contributed by atoms with Crippen LogP contribution in [0.25, 0.3) is 0 Å². The summed E-state index contributed by atoms with van der Waals surface area (Å²) in [5.74, 6) is 0.109. The Morgan fingerprint density at radius 2 is 1.89 bits per heavy atom. The summed E-state index contributed by atoms with van der Waals surface area (Å²) < 4.78 is 1.62. The van der Waals surface area contributed by atoms with Crippen LogP contribution in [0, 0.1) is 6.92 Å². The zero-order valence-electron chi connectivity index (χ0n) is 16.8. The third-order valence-corrected chi connectivity index (χ3v) is 5.21. The van der Waals surface area contributed by atoms with Crippen LogP contribution in [0.2, 0.25) is 0 Å². The first-order valence-electron chi connectivity index (χ1n) is 9.47. The summed E-state index contributed by atoms with van der Waals surface area (Å²) in [5.41, 5.74) is 3.73. The molecule has 2 aromatic rings. The van der Waals surface area contributed by atoms with Crippen LogP contribution in [0.15, 0.2) is 30.3 Å². The maximum Gasteiger partial charge on any atom is 0.272 e. The number of aryl methyl sites for hydroxylation is 2. The van der Waals surface area contributed by atoms with Crippen LogP contribution >= 0.6 is 0 Å². The lowest BCUT2D eigenvalue weighted by molar-refractivity contribution is -0.140. The predicted molar refractivity (Wildman–Crippen MR) is 104 cm³/mol. The minimum absolute atomic E-state index is 0.0126. The number of carbonyl (C=O) groups is 2. The minimum Gasteiger partial charge on any atom is -0.335 e. The van der Waals surface area contributed by atoms with Gasteiger partial charge >= 0.3 is 0 Å². The van der Waals surface area contributed by atoms with Crippen molar-refractivity contribution >= 4 is 11.8 Å². The van der Waals surface area contributed by atoms with Gasteiger partial charge in [0.05, 0.1) is 5.69 Å². The van der Waals surface area contributed by atoms with E-state index >= 15 is 0 Å². The van der Waals surface area contributed by atoms with Gasteiger partial charge in [0.25, 0.3) is 5.91 Å². The highest BCUT2D eigenvalue weighted by Gasteiger charge is 2.35. The first-order valence-corrected chi connectivity index (χ1v) is 9.47. The van der Waals surface area contributed by atoms with E-state index < -0.39 is 6.04 Å². The maximum atomic E-state index is 13.0. The largest absolute Gasteiger partial charge is 0.335 e. The number of piperazine rings is 1. The van der Waals surface area contributed by atoms with E-state index in [0.29, 0.717) is 25.3 Å². The molecule has 0 aliphatic carbocycles. The van der Waals surface area contributed by atoms with Crippen LogP contribution < -0.4 is 0 Å². The monoisotopic (exact) mass is 368 g/mol. The van der Waals surface area contributed by atoms with Crippen LogP contribution in [-0.2, 0) is 18.4 Å². The van der Waals surface area contributed by atoms with Gasteiger partial charge in [0.2, 0.25) is 5.91 Å². The van der Waals surface area contributed by atoms with Crippen molar-refractivity contribution in [2.75, 3.05) is 13.1 Å². The summed E-state index contributed by atoms with van der Waals surface area (Å²) in [6, 6.07) is 9.56. The molecule has 3 rings (SSSR count). The number of amides is 2. The molecule has 0 radical (unpaired) electrons. The molecule has 2 heterocycles. The molecule has 1 aromatic carbocycles. The Hall–Kier alpha value is -2.63. The second kappa shape index (κ2) is 7.55. The number of carbonyl (C=O) groups excluding carboxylic acids is 2. The standard InChI is InChI=1S/C21H28N4O2/c1-14(2)18-12-19(23(5)22-18)21(27)25-11-10-24(20(26)16(25)4)13-17-8-6-15(3)7-9-17/h6-9,12,14,16H,10-11,13H2,1-5H3/t16-/m0/s1. The Labute approximate surface area is 160 Å². The average Bonchev–Trinajstić information content (AvgIpc) is 3.02. The summed E-state index contributed by atoms with van der Waals surface area (Å²) >= 11 is 0. The van der Waals surface area contributed by atoms with Crippen LogP contribution in [-0.4, -0.2) is 50.5 Å². The molecule has 144 valence electrons. The molecule has 6 nitrogen and oxygen atoms in total. The molecule has 1 aliphatic heterocycles. The zero-order chi connectivity index (χ0) is 19.7. The number of aromatic nitrogens is 2. The Bertz CT molecular complexity index is 838. The molecule has 6 heteroatoms. The Kier molecular flexibility index (Phi) is 5.35. The smallest absolute Gasteiger partial charge is 0.272 e. The average molecular weight is 368 g/mol. The van der Waals surface area contributed by atoms with Crippen molar-refractivity contribution in [1.29, 1.82) is 0 Å². The van der Waals surface area contributed by atoms with E-state index in [9.17, 15) is 9.59 Å². The normalized spacial score (nSPS) is 17.7. The van der Waals surface area contributed by atoms with E-state index in [4.69, 9.17) is 0 Å². The molecule has 1 atom stereocenters. The molecule has 27 heavy (non-hydrogen) atoms. The first kappa shape index (κ1) is 19.1. The van der Waals surface area contributed by atoms with E-state index in [1.807, 2.05) is 43.9 Å². The summed E-state index contributed by atoms with van der Waals surface area (Å²) in [6.45, 7) is 9.59. The molecular weight excluding hydrogens is 340 g/mol. The molecule has 0 bridgehead atoms. The fraction of sp³-hybridized carbons (Fsp3) is 0.476. The quantitative estimate of drug-likeness (QED) is 0.834. The fourth-order valence-corrected chi connectivity index (χ4v) is 3.40. The van der Waals surface area contributed by atoms with Crippen molar-refractivity contribution in [2.24, 2.45) is 7.05 Å². The minimum atomic E-state index is -0.478. The lowest BCUT2D eigenvalue weighted by Crippen LogP contribution is -2.57. The number of hydrogen-bond donors (Lipinski definition) is 0. The van der Waals surface area contributed by atoms with Gasteiger partial charge in [-0.2, -0.15) is 5.10 Å². The van der Waals surface area contributed by atoms with Crippen LogP contribution in [0.1, 0.15) is 54.0 Å². The highest BCUT2D eigenvalue weighted by Crippen LogP contribution is 2.20. The Morgan fingerprint density at radius 3 is 2.48 bits per heavy atom. The molecule has 0 unspecified atom stereocenters. The molecule has 0 saturated carbocycles. The van der Waals surface area contributed by atoms with Crippen LogP contribution in [0.4, 0.5) is 0 Å². The molecule has 2 amide bonds. The van der Waals surface area contributed by atoms with Gasteiger partial charge in [-0.05, 0) is 31.4 Å². The van der Waals surface area contributed by atoms with E-state index in [2.05, 4.69) is 17.2 Å². The first-order chi connectivity index (χ1) is 12.8. The van der Waals surface area contributed by atoms with Gasteiger partial charge in [-0.25, -0.2) is 0 Å². The molecule has 0 N–H and O–H groups in total. The van der Waals surface area contributed by atoms with Gasteiger partial charge in [-0.15, -0.1) is 0 Å². The molecular formula is C21H28N4O2. The summed E-state index contributed by atoms with van der Waals surface area (Å²) in [4.78, 5) is 29.4. The second-order valence-electron chi connectivity index (χ2n) is 7.65.